The Morgan fingerprint density at radius 1 is 1.31 bits per heavy atom. The van der Waals surface area contributed by atoms with Gasteiger partial charge in [-0.15, -0.1) is 0 Å². The summed E-state index contributed by atoms with van der Waals surface area (Å²) in [6.45, 7) is 7.05. The summed E-state index contributed by atoms with van der Waals surface area (Å²) in [6.07, 6.45) is 5.83. The number of rotatable bonds is 7. The number of carboxylic acid groups (broad SMARTS) is 1. The van der Waals surface area contributed by atoms with Gasteiger partial charge in [0.2, 0.25) is 5.95 Å². The largest absolute Gasteiger partial charge is 0.478 e. The molecule has 1 saturated heterocycles. The average Bonchev–Trinajstić information content (AvgIpc) is 3.03. The summed E-state index contributed by atoms with van der Waals surface area (Å²) in [5, 5.41) is 12.3. The number of nitrogens with one attached hydrogen (secondary N) is 1. The second-order valence-electron chi connectivity index (χ2n) is 7.31. The molecule has 1 aliphatic rings. The van der Waals surface area contributed by atoms with Crippen molar-refractivity contribution >= 4 is 11.9 Å². The van der Waals surface area contributed by atoms with Crippen LogP contribution in [-0.4, -0.2) is 45.1 Å². The lowest BCUT2D eigenvalue weighted by Gasteiger charge is -2.16. The Balaban J connectivity index is 1.52. The van der Waals surface area contributed by atoms with E-state index in [1.807, 2.05) is 24.5 Å². The van der Waals surface area contributed by atoms with Crippen molar-refractivity contribution < 1.29 is 9.90 Å². The van der Waals surface area contributed by atoms with Crippen LogP contribution in [0.25, 0.3) is 0 Å². The fourth-order valence-corrected chi connectivity index (χ4v) is 3.42. The summed E-state index contributed by atoms with van der Waals surface area (Å²) >= 11 is 0. The van der Waals surface area contributed by atoms with Crippen LogP contribution in [0, 0.1) is 5.92 Å². The van der Waals surface area contributed by atoms with Gasteiger partial charge in [0.05, 0.1) is 5.56 Å². The van der Waals surface area contributed by atoms with Crippen LogP contribution in [0.1, 0.15) is 41.8 Å². The smallest absolute Gasteiger partial charge is 0.335 e. The first-order valence-electron chi connectivity index (χ1n) is 9.11. The summed E-state index contributed by atoms with van der Waals surface area (Å²) in [5.74, 6) is 0.360. The number of carbonyl (C=O) groups is 1. The van der Waals surface area contributed by atoms with E-state index in [9.17, 15) is 4.79 Å². The molecule has 2 N–H and O–H groups in total. The molecule has 0 radical (unpaired) electrons. The lowest BCUT2D eigenvalue weighted by atomic mass is 9.97. The number of likely N-dealkylation sites (tertiary alicyclic amines) is 1. The van der Waals surface area contributed by atoms with Crippen LogP contribution >= 0.6 is 0 Å². The summed E-state index contributed by atoms with van der Waals surface area (Å²) in [6, 6.07) is 7.60. The van der Waals surface area contributed by atoms with E-state index in [0.717, 1.165) is 43.6 Å². The van der Waals surface area contributed by atoms with Gasteiger partial charge in [0, 0.05) is 37.1 Å². The molecule has 1 aromatic carbocycles. The van der Waals surface area contributed by atoms with Crippen molar-refractivity contribution in [2.45, 2.75) is 39.3 Å². The van der Waals surface area contributed by atoms with E-state index in [1.54, 1.807) is 12.1 Å². The Hall–Kier alpha value is -2.47. The Bertz CT molecular complexity index is 746. The first kappa shape index (κ1) is 18.3. The summed E-state index contributed by atoms with van der Waals surface area (Å²) in [5.41, 5.74) is 2.58. The molecule has 0 aliphatic carbocycles. The number of nitrogens with zero attached hydrogens (tertiary/aromatic N) is 3. The van der Waals surface area contributed by atoms with Crippen molar-refractivity contribution in [3.8, 4) is 0 Å². The normalized spacial score (nSPS) is 17.6. The van der Waals surface area contributed by atoms with Crippen LogP contribution < -0.4 is 5.32 Å². The molecule has 138 valence electrons. The third-order valence-corrected chi connectivity index (χ3v) is 4.60. The highest BCUT2D eigenvalue weighted by molar-refractivity contribution is 5.87. The van der Waals surface area contributed by atoms with Crippen molar-refractivity contribution in [2.24, 2.45) is 5.92 Å². The minimum Gasteiger partial charge on any atom is -0.478 e. The zero-order valence-electron chi connectivity index (χ0n) is 15.4. The van der Waals surface area contributed by atoms with E-state index < -0.39 is 5.97 Å². The number of aromatic carboxylic acids is 1. The van der Waals surface area contributed by atoms with Gasteiger partial charge in [0.25, 0.3) is 0 Å². The minimum atomic E-state index is -0.865. The summed E-state index contributed by atoms with van der Waals surface area (Å²) in [4.78, 5) is 22.3. The standard InChI is InChI=1S/C20H26N4O2/c1-14(2)23-20-21-10-17(11-22-20)13-24-7-6-16(12-24)8-15-4-3-5-18(9-15)19(25)26/h3-5,9-11,14,16H,6-8,12-13H2,1-2H3,(H,25,26)(H,21,22,23)/t16-/m0/s1. The number of anilines is 1. The topological polar surface area (TPSA) is 78.4 Å². The Labute approximate surface area is 154 Å². The van der Waals surface area contributed by atoms with E-state index in [0.29, 0.717) is 23.5 Å². The monoisotopic (exact) mass is 354 g/mol. The highest BCUT2D eigenvalue weighted by atomic mass is 16.4. The maximum Gasteiger partial charge on any atom is 0.335 e. The third-order valence-electron chi connectivity index (χ3n) is 4.60. The van der Waals surface area contributed by atoms with Gasteiger partial charge in [-0.2, -0.15) is 0 Å². The minimum absolute atomic E-state index is 0.319. The first-order valence-corrected chi connectivity index (χ1v) is 9.11. The maximum absolute atomic E-state index is 11.1. The van der Waals surface area contributed by atoms with E-state index in [4.69, 9.17) is 5.11 Å². The van der Waals surface area contributed by atoms with Crippen molar-refractivity contribution in [3.05, 3.63) is 53.3 Å². The van der Waals surface area contributed by atoms with Gasteiger partial charge in [0.1, 0.15) is 0 Å². The molecule has 3 rings (SSSR count). The van der Waals surface area contributed by atoms with E-state index >= 15 is 0 Å². The number of hydrogen-bond donors (Lipinski definition) is 2. The molecule has 1 aliphatic heterocycles. The summed E-state index contributed by atoms with van der Waals surface area (Å²) in [7, 11) is 0. The maximum atomic E-state index is 11.1. The molecule has 6 heteroatoms. The van der Waals surface area contributed by atoms with Crippen LogP contribution in [0.15, 0.2) is 36.7 Å². The van der Waals surface area contributed by atoms with Gasteiger partial charge in [-0.1, -0.05) is 12.1 Å². The van der Waals surface area contributed by atoms with Crippen LogP contribution in [0.5, 0.6) is 0 Å². The molecule has 0 saturated carbocycles. The molecule has 1 atom stereocenters. The Morgan fingerprint density at radius 2 is 2.08 bits per heavy atom. The van der Waals surface area contributed by atoms with E-state index in [1.165, 1.54) is 0 Å². The van der Waals surface area contributed by atoms with Crippen LogP contribution in [0.4, 0.5) is 5.95 Å². The predicted molar refractivity (Wildman–Crippen MR) is 101 cm³/mol. The van der Waals surface area contributed by atoms with Gasteiger partial charge in [-0.05, 0) is 56.8 Å². The molecule has 0 amide bonds. The molecule has 0 spiro atoms. The highest BCUT2D eigenvalue weighted by Gasteiger charge is 2.23. The molecule has 1 aromatic heterocycles. The molecule has 2 aromatic rings. The molecule has 26 heavy (non-hydrogen) atoms. The fourth-order valence-electron chi connectivity index (χ4n) is 3.42. The molecule has 1 fully saturated rings. The Morgan fingerprint density at radius 3 is 2.77 bits per heavy atom. The molecule has 0 unspecified atom stereocenters. The SMILES string of the molecule is CC(C)Nc1ncc(CN2CC[C@@H](Cc3cccc(C(=O)O)c3)C2)cn1. The first-order chi connectivity index (χ1) is 12.5. The van der Waals surface area contributed by atoms with Gasteiger partial charge in [-0.3, -0.25) is 4.90 Å². The second-order valence-corrected chi connectivity index (χ2v) is 7.31. The van der Waals surface area contributed by atoms with Gasteiger partial charge in [-0.25, -0.2) is 14.8 Å². The van der Waals surface area contributed by atoms with E-state index in [2.05, 4.69) is 34.0 Å². The quantitative estimate of drug-likeness (QED) is 0.796. The second kappa shape index (κ2) is 8.27. The molecule has 2 heterocycles. The van der Waals surface area contributed by atoms with Crippen molar-refractivity contribution in [3.63, 3.8) is 0 Å². The number of aromatic nitrogens is 2. The zero-order valence-corrected chi connectivity index (χ0v) is 15.4. The van der Waals surface area contributed by atoms with E-state index in [-0.39, 0.29) is 0 Å². The Kier molecular flexibility index (Phi) is 5.83. The lowest BCUT2D eigenvalue weighted by Crippen LogP contribution is -2.21. The highest BCUT2D eigenvalue weighted by Crippen LogP contribution is 2.23. The van der Waals surface area contributed by atoms with Crippen LogP contribution in [-0.2, 0) is 13.0 Å². The number of benzene rings is 1. The lowest BCUT2D eigenvalue weighted by molar-refractivity contribution is 0.0696. The number of carboxylic acids is 1. The van der Waals surface area contributed by atoms with Crippen LogP contribution in [0.3, 0.4) is 0 Å². The fraction of sp³-hybridized carbons (Fsp3) is 0.450. The molecule has 6 nitrogen and oxygen atoms in total. The molecular weight excluding hydrogens is 328 g/mol. The predicted octanol–water partition coefficient (Wildman–Crippen LogP) is 3.06. The average molecular weight is 354 g/mol. The van der Waals surface area contributed by atoms with Gasteiger partial charge in [0.15, 0.2) is 0 Å². The van der Waals surface area contributed by atoms with Crippen molar-refractivity contribution in [2.75, 3.05) is 18.4 Å². The van der Waals surface area contributed by atoms with Crippen molar-refractivity contribution in [1.29, 1.82) is 0 Å². The zero-order chi connectivity index (χ0) is 18.5. The number of hydrogen-bond acceptors (Lipinski definition) is 5. The molecular formula is C20H26N4O2. The summed E-state index contributed by atoms with van der Waals surface area (Å²) < 4.78 is 0. The van der Waals surface area contributed by atoms with Crippen molar-refractivity contribution in [1.82, 2.24) is 14.9 Å². The third kappa shape index (κ3) is 5.02. The van der Waals surface area contributed by atoms with Gasteiger partial charge >= 0.3 is 5.97 Å². The molecule has 0 bridgehead atoms. The van der Waals surface area contributed by atoms with Gasteiger partial charge < -0.3 is 10.4 Å². The van der Waals surface area contributed by atoms with Crippen LogP contribution in [0.2, 0.25) is 0 Å².